The van der Waals surface area contributed by atoms with E-state index >= 15 is 0 Å². The van der Waals surface area contributed by atoms with Crippen molar-refractivity contribution >= 4 is 5.91 Å². The molecule has 2 unspecified atom stereocenters. The van der Waals surface area contributed by atoms with Gasteiger partial charge in [-0.1, -0.05) is 19.8 Å². The molecule has 0 aromatic carbocycles. The van der Waals surface area contributed by atoms with E-state index in [1.54, 1.807) is 7.11 Å². The van der Waals surface area contributed by atoms with Crippen LogP contribution in [0.3, 0.4) is 0 Å². The largest absolute Gasteiger partial charge is 0.394 e. The van der Waals surface area contributed by atoms with Crippen LogP contribution >= 0.6 is 0 Å². The van der Waals surface area contributed by atoms with Gasteiger partial charge in [-0.05, 0) is 32.6 Å². The first-order valence-corrected chi connectivity index (χ1v) is 6.79. The number of rotatable bonds is 5. The standard InChI is InChI=1S/C14H27NO3/c1-11-6-5-7-14(8-11,10-16)15-12(17)9-13(2,3)18-4/h11,16H,5-10H2,1-4H3,(H,15,17). The Kier molecular flexibility index (Phi) is 5.17. The maximum Gasteiger partial charge on any atom is 0.223 e. The molecule has 0 aromatic heterocycles. The van der Waals surface area contributed by atoms with Crippen molar-refractivity contribution in [3.63, 3.8) is 0 Å². The highest BCUT2D eigenvalue weighted by Crippen LogP contribution is 2.32. The molecule has 0 heterocycles. The monoisotopic (exact) mass is 257 g/mol. The molecule has 1 saturated carbocycles. The first kappa shape index (κ1) is 15.4. The van der Waals surface area contributed by atoms with E-state index in [2.05, 4.69) is 12.2 Å². The fourth-order valence-electron chi connectivity index (χ4n) is 2.76. The summed E-state index contributed by atoms with van der Waals surface area (Å²) in [5.74, 6) is 0.520. The van der Waals surface area contributed by atoms with Crippen molar-refractivity contribution in [3.8, 4) is 0 Å². The zero-order chi connectivity index (χ0) is 13.8. The third-order valence-electron chi connectivity index (χ3n) is 3.94. The van der Waals surface area contributed by atoms with Crippen LogP contribution in [0.15, 0.2) is 0 Å². The van der Waals surface area contributed by atoms with E-state index < -0.39 is 11.1 Å². The van der Waals surface area contributed by atoms with Crippen LogP contribution in [-0.2, 0) is 9.53 Å². The van der Waals surface area contributed by atoms with Crippen LogP contribution in [0.4, 0.5) is 0 Å². The molecule has 2 N–H and O–H groups in total. The molecule has 1 amide bonds. The summed E-state index contributed by atoms with van der Waals surface area (Å²) in [4.78, 5) is 12.1. The number of hydrogen-bond donors (Lipinski definition) is 2. The molecule has 1 rings (SSSR count). The average Bonchev–Trinajstić information content (AvgIpc) is 2.28. The Labute approximate surface area is 110 Å². The van der Waals surface area contributed by atoms with Crippen molar-refractivity contribution in [2.75, 3.05) is 13.7 Å². The van der Waals surface area contributed by atoms with Gasteiger partial charge in [-0.15, -0.1) is 0 Å². The molecule has 1 aliphatic rings. The maximum absolute atomic E-state index is 12.1. The van der Waals surface area contributed by atoms with E-state index in [1.165, 1.54) is 6.42 Å². The highest BCUT2D eigenvalue weighted by Gasteiger charge is 2.36. The molecule has 0 bridgehead atoms. The summed E-state index contributed by atoms with van der Waals surface area (Å²) in [6.45, 7) is 5.98. The van der Waals surface area contributed by atoms with Crippen molar-refractivity contribution in [1.82, 2.24) is 5.32 Å². The summed E-state index contributed by atoms with van der Waals surface area (Å²) in [7, 11) is 1.61. The zero-order valence-corrected chi connectivity index (χ0v) is 12.1. The lowest BCUT2D eigenvalue weighted by Crippen LogP contribution is -2.54. The lowest BCUT2D eigenvalue weighted by molar-refractivity contribution is -0.129. The van der Waals surface area contributed by atoms with Crippen molar-refractivity contribution in [2.24, 2.45) is 5.92 Å². The number of hydrogen-bond acceptors (Lipinski definition) is 3. The van der Waals surface area contributed by atoms with Crippen molar-refractivity contribution in [1.29, 1.82) is 0 Å². The van der Waals surface area contributed by atoms with Gasteiger partial charge in [0.25, 0.3) is 0 Å². The Bertz CT molecular complexity index is 291. The van der Waals surface area contributed by atoms with Gasteiger partial charge in [0, 0.05) is 7.11 Å². The highest BCUT2D eigenvalue weighted by atomic mass is 16.5. The van der Waals surface area contributed by atoms with Crippen molar-refractivity contribution in [2.45, 2.75) is 64.0 Å². The van der Waals surface area contributed by atoms with Crippen LogP contribution in [0, 0.1) is 5.92 Å². The molecule has 1 aliphatic carbocycles. The quantitative estimate of drug-likeness (QED) is 0.790. The molecular formula is C14H27NO3. The van der Waals surface area contributed by atoms with Crippen molar-refractivity contribution < 1.29 is 14.6 Å². The molecule has 1 fully saturated rings. The van der Waals surface area contributed by atoms with E-state index in [4.69, 9.17) is 4.74 Å². The van der Waals surface area contributed by atoms with Gasteiger partial charge in [0.15, 0.2) is 0 Å². The number of carbonyl (C=O) groups excluding carboxylic acids is 1. The Hall–Kier alpha value is -0.610. The molecule has 4 heteroatoms. The molecular weight excluding hydrogens is 230 g/mol. The average molecular weight is 257 g/mol. The minimum absolute atomic E-state index is 0.0243. The number of nitrogens with one attached hydrogen (secondary N) is 1. The van der Waals surface area contributed by atoms with Crippen LogP contribution in [0.25, 0.3) is 0 Å². The number of methoxy groups -OCH3 is 1. The van der Waals surface area contributed by atoms with Crippen molar-refractivity contribution in [3.05, 3.63) is 0 Å². The summed E-state index contributed by atoms with van der Waals surface area (Å²) in [6.07, 6.45) is 4.30. The van der Waals surface area contributed by atoms with Crippen LogP contribution in [0.5, 0.6) is 0 Å². The molecule has 0 aliphatic heterocycles. The van der Waals surface area contributed by atoms with Gasteiger partial charge in [0.1, 0.15) is 0 Å². The lowest BCUT2D eigenvalue weighted by Gasteiger charge is -2.40. The molecule has 0 radical (unpaired) electrons. The van der Waals surface area contributed by atoms with Crippen LogP contribution in [0.2, 0.25) is 0 Å². The molecule has 4 nitrogen and oxygen atoms in total. The minimum Gasteiger partial charge on any atom is -0.394 e. The predicted octanol–water partition coefficient (Wildman–Crippen LogP) is 1.86. The number of ether oxygens (including phenoxy) is 1. The second kappa shape index (κ2) is 6.02. The Balaban J connectivity index is 2.60. The Morgan fingerprint density at radius 3 is 2.72 bits per heavy atom. The second-order valence-corrected chi connectivity index (χ2v) is 6.33. The SMILES string of the molecule is COC(C)(C)CC(=O)NC1(CO)CCCC(C)C1. The summed E-state index contributed by atoms with van der Waals surface area (Å²) < 4.78 is 5.26. The first-order chi connectivity index (χ1) is 8.32. The number of aliphatic hydroxyl groups is 1. The highest BCUT2D eigenvalue weighted by molar-refractivity contribution is 5.77. The lowest BCUT2D eigenvalue weighted by atomic mass is 9.76. The van der Waals surface area contributed by atoms with Crippen LogP contribution < -0.4 is 5.32 Å². The van der Waals surface area contributed by atoms with Gasteiger partial charge in [-0.2, -0.15) is 0 Å². The Morgan fingerprint density at radius 2 is 2.22 bits per heavy atom. The fraction of sp³-hybridized carbons (Fsp3) is 0.929. The zero-order valence-electron chi connectivity index (χ0n) is 12.1. The van der Waals surface area contributed by atoms with Gasteiger partial charge in [0.05, 0.1) is 24.2 Å². The summed E-state index contributed by atoms with van der Waals surface area (Å²) in [5.41, 5.74) is -0.875. The maximum atomic E-state index is 12.1. The smallest absolute Gasteiger partial charge is 0.223 e. The molecule has 0 aromatic rings. The fourth-order valence-corrected chi connectivity index (χ4v) is 2.76. The second-order valence-electron chi connectivity index (χ2n) is 6.33. The van der Waals surface area contributed by atoms with Gasteiger partial charge in [0.2, 0.25) is 5.91 Å². The van der Waals surface area contributed by atoms with Gasteiger partial charge < -0.3 is 15.2 Å². The predicted molar refractivity (Wildman–Crippen MR) is 71.3 cm³/mol. The minimum atomic E-state index is -0.457. The third kappa shape index (κ3) is 4.25. The summed E-state index contributed by atoms with van der Waals surface area (Å²) in [6, 6.07) is 0. The Morgan fingerprint density at radius 1 is 1.56 bits per heavy atom. The number of carbonyl (C=O) groups is 1. The van der Waals surface area contributed by atoms with Gasteiger partial charge in [-0.25, -0.2) is 0 Å². The number of aliphatic hydroxyl groups excluding tert-OH is 1. The van der Waals surface area contributed by atoms with Gasteiger partial charge >= 0.3 is 0 Å². The van der Waals surface area contributed by atoms with E-state index in [0.29, 0.717) is 12.3 Å². The normalized spacial score (nSPS) is 29.1. The van der Waals surface area contributed by atoms with E-state index in [9.17, 15) is 9.90 Å². The molecule has 0 saturated heterocycles. The topological polar surface area (TPSA) is 58.6 Å². The first-order valence-electron chi connectivity index (χ1n) is 6.79. The van der Waals surface area contributed by atoms with E-state index in [1.807, 2.05) is 13.8 Å². The third-order valence-corrected chi connectivity index (χ3v) is 3.94. The summed E-state index contributed by atoms with van der Waals surface area (Å²) in [5, 5.41) is 12.7. The van der Waals surface area contributed by atoms with Gasteiger partial charge in [-0.3, -0.25) is 4.79 Å². The molecule has 106 valence electrons. The van der Waals surface area contributed by atoms with E-state index in [0.717, 1.165) is 19.3 Å². The van der Waals surface area contributed by atoms with Crippen LogP contribution in [-0.4, -0.2) is 35.9 Å². The summed E-state index contributed by atoms with van der Waals surface area (Å²) >= 11 is 0. The molecule has 18 heavy (non-hydrogen) atoms. The van der Waals surface area contributed by atoms with Crippen LogP contribution in [0.1, 0.15) is 52.9 Å². The number of amides is 1. The molecule has 2 atom stereocenters. The van der Waals surface area contributed by atoms with E-state index in [-0.39, 0.29) is 12.5 Å². The molecule has 0 spiro atoms.